The molecule has 0 amide bonds. The predicted octanol–water partition coefficient (Wildman–Crippen LogP) is 3.52. The summed E-state index contributed by atoms with van der Waals surface area (Å²) in [5.74, 6) is 0.919. The van der Waals surface area contributed by atoms with E-state index in [2.05, 4.69) is 0 Å². The Bertz CT molecular complexity index is 217. The van der Waals surface area contributed by atoms with Crippen LogP contribution in [-0.2, 0) is 4.74 Å². The van der Waals surface area contributed by atoms with Crippen molar-refractivity contribution >= 4 is 0 Å². The third kappa shape index (κ3) is 6.97. The van der Waals surface area contributed by atoms with Crippen LogP contribution in [0.4, 0.5) is 0 Å². The van der Waals surface area contributed by atoms with E-state index in [9.17, 15) is 0 Å². The average molecular weight is 210 g/mol. The molecule has 86 valence electrons. The fourth-order valence-corrected chi connectivity index (χ4v) is 0.870. The molecule has 2 heteroatoms. The Balaban J connectivity index is 0.000000442. The van der Waals surface area contributed by atoms with E-state index < -0.39 is 0 Å². The molecular formula is C13H22O2. The molecule has 2 nitrogen and oxygen atoms in total. The van der Waals surface area contributed by atoms with Crippen molar-refractivity contribution < 1.29 is 9.47 Å². The van der Waals surface area contributed by atoms with Crippen LogP contribution >= 0.6 is 0 Å². The average Bonchev–Trinajstić information content (AvgIpc) is 3.17. The number of benzene rings is 1. The lowest BCUT2D eigenvalue weighted by molar-refractivity contribution is 0.263. The zero-order valence-electron chi connectivity index (χ0n) is 10.2. The Labute approximate surface area is 93.2 Å². The first-order valence-electron chi connectivity index (χ1n) is 5.74. The van der Waals surface area contributed by atoms with Crippen LogP contribution < -0.4 is 4.74 Å². The summed E-state index contributed by atoms with van der Waals surface area (Å²) in [6.45, 7) is 9.54. The Morgan fingerprint density at radius 2 is 1.67 bits per heavy atom. The van der Waals surface area contributed by atoms with Gasteiger partial charge in [0.05, 0.1) is 6.61 Å². The number of rotatable bonds is 3. The minimum absolute atomic E-state index is 0.343. The maximum absolute atomic E-state index is 5.40. The van der Waals surface area contributed by atoms with Crippen molar-refractivity contribution in [3.05, 3.63) is 30.3 Å². The molecule has 0 aliphatic carbocycles. The van der Waals surface area contributed by atoms with Gasteiger partial charge in [0, 0.05) is 0 Å². The van der Waals surface area contributed by atoms with Crippen molar-refractivity contribution in [3.8, 4) is 5.75 Å². The number of para-hydroxylation sites is 1. The van der Waals surface area contributed by atoms with Gasteiger partial charge in [-0.3, -0.25) is 0 Å². The van der Waals surface area contributed by atoms with Crippen molar-refractivity contribution in [2.24, 2.45) is 0 Å². The summed E-state index contributed by atoms with van der Waals surface area (Å²) in [6, 6.07) is 9.79. The molecule has 0 bridgehead atoms. The second-order valence-corrected chi connectivity index (χ2v) is 2.58. The molecule has 0 aromatic heterocycles. The molecule has 1 aromatic rings. The molecule has 1 atom stereocenters. The highest BCUT2D eigenvalue weighted by atomic mass is 16.6. The third-order valence-corrected chi connectivity index (χ3v) is 1.58. The molecule has 1 fully saturated rings. The van der Waals surface area contributed by atoms with Gasteiger partial charge in [-0.2, -0.15) is 0 Å². The van der Waals surface area contributed by atoms with Crippen LogP contribution in [0.2, 0.25) is 0 Å². The minimum atomic E-state index is 0.343. The monoisotopic (exact) mass is 210 g/mol. The molecule has 1 aliphatic heterocycles. The first kappa shape index (κ1) is 14.0. The zero-order chi connectivity index (χ0) is 11.5. The van der Waals surface area contributed by atoms with Crippen molar-refractivity contribution in [2.75, 3.05) is 13.2 Å². The fourth-order valence-electron chi connectivity index (χ4n) is 0.870. The van der Waals surface area contributed by atoms with Gasteiger partial charge >= 0.3 is 0 Å². The second kappa shape index (κ2) is 9.53. The number of ether oxygens (including phenoxy) is 2. The fraction of sp³-hybridized carbons (Fsp3) is 0.538. The molecule has 1 saturated heterocycles. The smallest absolute Gasteiger partial charge is 0.119 e. The Morgan fingerprint density at radius 1 is 1.13 bits per heavy atom. The first-order valence-corrected chi connectivity index (χ1v) is 5.74. The van der Waals surface area contributed by atoms with Gasteiger partial charge in [-0.25, -0.2) is 0 Å². The van der Waals surface area contributed by atoms with Gasteiger partial charge in [-0.15, -0.1) is 0 Å². The van der Waals surface area contributed by atoms with Crippen LogP contribution in [0.3, 0.4) is 0 Å². The number of hydrogen-bond acceptors (Lipinski definition) is 2. The second-order valence-electron chi connectivity index (χ2n) is 2.58. The molecule has 0 spiro atoms. The highest BCUT2D eigenvalue weighted by molar-refractivity contribution is 5.20. The van der Waals surface area contributed by atoms with E-state index in [-0.39, 0.29) is 0 Å². The van der Waals surface area contributed by atoms with E-state index in [4.69, 9.17) is 9.47 Å². The summed E-state index contributed by atoms with van der Waals surface area (Å²) < 4.78 is 10.4. The van der Waals surface area contributed by atoms with E-state index in [1.807, 2.05) is 58.0 Å². The van der Waals surface area contributed by atoms with Gasteiger partial charge in [-0.05, 0) is 12.1 Å². The maximum Gasteiger partial charge on any atom is 0.119 e. The lowest BCUT2D eigenvalue weighted by atomic mass is 10.3. The van der Waals surface area contributed by atoms with Crippen LogP contribution in [0.1, 0.15) is 27.7 Å². The summed E-state index contributed by atoms with van der Waals surface area (Å²) in [4.78, 5) is 0. The largest absolute Gasteiger partial charge is 0.491 e. The number of epoxide rings is 1. The van der Waals surface area contributed by atoms with Gasteiger partial charge in [0.1, 0.15) is 18.5 Å². The molecule has 0 radical (unpaired) electrons. The van der Waals surface area contributed by atoms with Crippen LogP contribution in [0.5, 0.6) is 5.75 Å². The molecule has 15 heavy (non-hydrogen) atoms. The third-order valence-electron chi connectivity index (χ3n) is 1.58. The summed E-state index contributed by atoms with van der Waals surface area (Å²) in [6.07, 6.45) is 0.343. The van der Waals surface area contributed by atoms with E-state index in [1.54, 1.807) is 0 Å². The van der Waals surface area contributed by atoms with E-state index in [0.717, 1.165) is 12.4 Å². The SMILES string of the molecule is CC.CC.c1ccc(OCC2CO2)cc1. The molecule has 2 rings (SSSR count). The van der Waals surface area contributed by atoms with Crippen LogP contribution in [0, 0.1) is 0 Å². The van der Waals surface area contributed by atoms with Gasteiger partial charge in [-0.1, -0.05) is 45.9 Å². The minimum Gasteiger partial charge on any atom is -0.491 e. The quantitative estimate of drug-likeness (QED) is 0.712. The highest BCUT2D eigenvalue weighted by Crippen LogP contribution is 2.13. The maximum atomic E-state index is 5.40. The molecule has 1 heterocycles. The Hall–Kier alpha value is -1.02. The lowest BCUT2D eigenvalue weighted by Gasteiger charge is -2.01. The summed E-state index contributed by atoms with van der Waals surface area (Å²) in [5.41, 5.74) is 0. The van der Waals surface area contributed by atoms with Gasteiger partial charge in [0.25, 0.3) is 0 Å². The normalized spacial score (nSPS) is 16.4. The predicted molar refractivity (Wildman–Crippen MR) is 64.4 cm³/mol. The van der Waals surface area contributed by atoms with Gasteiger partial charge in [0.2, 0.25) is 0 Å². The van der Waals surface area contributed by atoms with Crippen molar-refractivity contribution in [1.29, 1.82) is 0 Å². The van der Waals surface area contributed by atoms with Gasteiger partial charge < -0.3 is 9.47 Å². The molecule has 0 N–H and O–H groups in total. The van der Waals surface area contributed by atoms with E-state index >= 15 is 0 Å². The van der Waals surface area contributed by atoms with Crippen molar-refractivity contribution in [2.45, 2.75) is 33.8 Å². The number of hydrogen-bond donors (Lipinski definition) is 0. The summed E-state index contributed by atoms with van der Waals surface area (Å²) in [5, 5.41) is 0. The Kier molecular flexibility index (Phi) is 8.88. The summed E-state index contributed by atoms with van der Waals surface area (Å²) >= 11 is 0. The van der Waals surface area contributed by atoms with Gasteiger partial charge in [0.15, 0.2) is 0 Å². The lowest BCUT2D eigenvalue weighted by Crippen LogP contribution is -2.03. The molecule has 1 unspecified atom stereocenters. The molecular weight excluding hydrogens is 188 g/mol. The molecule has 1 aromatic carbocycles. The topological polar surface area (TPSA) is 21.8 Å². The standard InChI is InChI=1S/C9H10O2.2C2H6/c1-2-4-8(5-3-1)10-6-9-7-11-9;2*1-2/h1-5,9H,6-7H2;2*1-2H3. The Morgan fingerprint density at radius 3 is 2.13 bits per heavy atom. The molecule has 0 saturated carbocycles. The molecule has 1 aliphatic rings. The highest BCUT2D eigenvalue weighted by Gasteiger charge is 2.22. The van der Waals surface area contributed by atoms with E-state index in [1.165, 1.54) is 0 Å². The van der Waals surface area contributed by atoms with Crippen molar-refractivity contribution in [1.82, 2.24) is 0 Å². The van der Waals surface area contributed by atoms with Crippen LogP contribution in [0.15, 0.2) is 30.3 Å². The zero-order valence-corrected chi connectivity index (χ0v) is 10.2. The van der Waals surface area contributed by atoms with Crippen LogP contribution in [0.25, 0.3) is 0 Å². The first-order chi connectivity index (χ1) is 7.45. The van der Waals surface area contributed by atoms with Crippen molar-refractivity contribution in [3.63, 3.8) is 0 Å². The summed E-state index contributed by atoms with van der Waals surface area (Å²) in [7, 11) is 0. The van der Waals surface area contributed by atoms with Crippen LogP contribution in [-0.4, -0.2) is 19.3 Å². The van der Waals surface area contributed by atoms with E-state index in [0.29, 0.717) is 12.7 Å².